The number of benzene rings is 1. The van der Waals surface area contributed by atoms with Crippen molar-refractivity contribution >= 4 is 29.1 Å². The SMILES string of the molecule is CC(=O)NC1(c2noc(CCC(=O)Nc3ccc(NC(=O)CC(C)C)cc3)n2)CCCCCC1. The van der Waals surface area contributed by atoms with E-state index in [4.69, 9.17) is 4.52 Å². The van der Waals surface area contributed by atoms with E-state index in [2.05, 4.69) is 26.1 Å². The summed E-state index contributed by atoms with van der Waals surface area (Å²) in [4.78, 5) is 40.7. The molecule has 0 bridgehead atoms. The Balaban J connectivity index is 1.53. The molecule has 1 aliphatic rings. The zero-order valence-electron chi connectivity index (χ0n) is 20.3. The largest absolute Gasteiger partial charge is 0.343 e. The number of anilines is 2. The third-order valence-corrected chi connectivity index (χ3v) is 5.88. The molecule has 184 valence electrons. The van der Waals surface area contributed by atoms with Gasteiger partial charge in [-0.2, -0.15) is 4.98 Å². The fourth-order valence-electron chi connectivity index (χ4n) is 4.29. The number of carbonyl (C=O) groups is 3. The van der Waals surface area contributed by atoms with Crippen molar-refractivity contribution in [2.24, 2.45) is 5.92 Å². The van der Waals surface area contributed by atoms with Crippen LogP contribution in [0.1, 0.15) is 83.9 Å². The molecule has 3 N–H and O–H groups in total. The molecule has 0 spiro atoms. The van der Waals surface area contributed by atoms with Crippen molar-refractivity contribution in [2.45, 2.75) is 84.1 Å². The lowest BCUT2D eigenvalue weighted by Crippen LogP contribution is -2.45. The van der Waals surface area contributed by atoms with Gasteiger partial charge in [0.05, 0.1) is 0 Å². The molecule has 9 heteroatoms. The molecule has 0 aliphatic heterocycles. The van der Waals surface area contributed by atoms with Crippen molar-refractivity contribution in [3.63, 3.8) is 0 Å². The van der Waals surface area contributed by atoms with Crippen molar-refractivity contribution in [3.8, 4) is 0 Å². The molecule has 2 aromatic rings. The molecule has 0 atom stereocenters. The molecule has 9 nitrogen and oxygen atoms in total. The average Bonchev–Trinajstić information content (AvgIpc) is 3.13. The van der Waals surface area contributed by atoms with Crippen molar-refractivity contribution < 1.29 is 18.9 Å². The lowest BCUT2D eigenvalue weighted by molar-refractivity contribution is -0.121. The molecule has 1 heterocycles. The van der Waals surface area contributed by atoms with Gasteiger partial charge < -0.3 is 20.5 Å². The van der Waals surface area contributed by atoms with E-state index in [1.807, 2.05) is 13.8 Å². The number of aromatic nitrogens is 2. The Morgan fingerprint density at radius 2 is 1.56 bits per heavy atom. The van der Waals surface area contributed by atoms with Gasteiger partial charge in [0.2, 0.25) is 23.6 Å². The van der Waals surface area contributed by atoms with Gasteiger partial charge in [-0.3, -0.25) is 14.4 Å². The quantitative estimate of drug-likeness (QED) is 0.470. The van der Waals surface area contributed by atoms with E-state index in [1.165, 1.54) is 6.92 Å². The van der Waals surface area contributed by atoms with Crippen LogP contribution in [0.15, 0.2) is 28.8 Å². The number of nitrogens with zero attached hydrogens (tertiary/aromatic N) is 2. The maximum Gasteiger partial charge on any atom is 0.227 e. The van der Waals surface area contributed by atoms with Gasteiger partial charge in [0.1, 0.15) is 5.54 Å². The molecule has 1 aromatic carbocycles. The van der Waals surface area contributed by atoms with Crippen LogP contribution in [0.4, 0.5) is 11.4 Å². The van der Waals surface area contributed by atoms with E-state index >= 15 is 0 Å². The molecule has 1 saturated carbocycles. The smallest absolute Gasteiger partial charge is 0.227 e. The van der Waals surface area contributed by atoms with Gasteiger partial charge in [-0.05, 0) is 43.0 Å². The second-order valence-corrected chi connectivity index (χ2v) is 9.46. The molecule has 3 rings (SSSR count). The minimum atomic E-state index is -0.599. The maximum atomic E-state index is 12.4. The van der Waals surface area contributed by atoms with E-state index in [0.717, 1.165) is 38.5 Å². The molecule has 0 unspecified atom stereocenters. The van der Waals surface area contributed by atoms with Crippen LogP contribution < -0.4 is 16.0 Å². The highest BCUT2D eigenvalue weighted by Gasteiger charge is 2.38. The van der Waals surface area contributed by atoms with Gasteiger partial charge in [0.25, 0.3) is 0 Å². The van der Waals surface area contributed by atoms with Crippen LogP contribution in [0.5, 0.6) is 0 Å². The molecule has 34 heavy (non-hydrogen) atoms. The molecule has 1 aromatic heterocycles. The Kier molecular flexibility index (Phi) is 8.79. The number of nitrogens with one attached hydrogen (secondary N) is 3. The van der Waals surface area contributed by atoms with E-state index in [0.29, 0.717) is 35.9 Å². The van der Waals surface area contributed by atoms with E-state index in [9.17, 15) is 14.4 Å². The zero-order valence-corrected chi connectivity index (χ0v) is 20.3. The fraction of sp³-hybridized carbons (Fsp3) is 0.560. The molecular weight excluding hydrogens is 434 g/mol. The van der Waals surface area contributed by atoms with Crippen LogP contribution in [0.2, 0.25) is 0 Å². The number of hydrogen-bond acceptors (Lipinski definition) is 6. The highest BCUT2D eigenvalue weighted by atomic mass is 16.5. The lowest BCUT2D eigenvalue weighted by Gasteiger charge is -2.30. The Labute approximate surface area is 200 Å². The van der Waals surface area contributed by atoms with E-state index in [1.54, 1.807) is 24.3 Å². The number of carbonyl (C=O) groups excluding carboxylic acids is 3. The van der Waals surface area contributed by atoms with Crippen molar-refractivity contribution in [3.05, 3.63) is 36.0 Å². The summed E-state index contributed by atoms with van der Waals surface area (Å²) in [6, 6.07) is 7.01. The molecular formula is C25H35N5O4. The Bertz CT molecular complexity index is 975. The summed E-state index contributed by atoms with van der Waals surface area (Å²) >= 11 is 0. The summed E-state index contributed by atoms with van der Waals surface area (Å²) in [5, 5.41) is 12.9. The molecule has 3 amide bonds. The van der Waals surface area contributed by atoms with Crippen LogP contribution >= 0.6 is 0 Å². The normalized spacial score (nSPS) is 15.4. The van der Waals surface area contributed by atoms with Crippen molar-refractivity contribution in [1.82, 2.24) is 15.5 Å². The van der Waals surface area contributed by atoms with Gasteiger partial charge in [0.15, 0.2) is 5.82 Å². The lowest BCUT2D eigenvalue weighted by atomic mass is 9.89. The summed E-state index contributed by atoms with van der Waals surface area (Å²) in [5.41, 5.74) is 0.730. The summed E-state index contributed by atoms with van der Waals surface area (Å²) < 4.78 is 5.41. The second-order valence-electron chi connectivity index (χ2n) is 9.46. The topological polar surface area (TPSA) is 126 Å². The first-order chi connectivity index (χ1) is 16.3. The Hall–Kier alpha value is -3.23. The molecule has 0 saturated heterocycles. The first-order valence-electron chi connectivity index (χ1n) is 12.1. The van der Waals surface area contributed by atoms with E-state index in [-0.39, 0.29) is 30.1 Å². The minimum absolute atomic E-state index is 0.0326. The number of aryl methyl sites for hydroxylation is 1. The zero-order chi connectivity index (χ0) is 24.6. The number of hydrogen-bond donors (Lipinski definition) is 3. The number of amides is 3. The van der Waals surface area contributed by atoms with E-state index < -0.39 is 5.54 Å². The molecule has 0 radical (unpaired) electrons. The monoisotopic (exact) mass is 469 g/mol. The van der Waals surface area contributed by atoms with Gasteiger partial charge >= 0.3 is 0 Å². The molecule has 1 fully saturated rings. The highest BCUT2D eigenvalue weighted by Crippen LogP contribution is 2.34. The predicted molar refractivity (Wildman–Crippen MR) is 129 cm³/mol. The maximum absolute atomic E-state index is 12.4. The van der Waals surface area contributed by atoms with Gasteiger partial charge in [-0.15, -0.1) is 0 Å². The predicted octanol–water partition coefficient (Wildman–Crippen LogP) is 4.31. The highest BCUT2D eigenvalue weighted by molar-refractivity contribution is 5.93. The van der Waals surface area contributed by atoms with Crippen LogP contribution in [0, 0.1) is 5.92 Å². The second kappa shape index (κ2) is 11.8. The summed E-state index contributed by atoms with van der Waals surface area (Å²) in [6.45, 7) is 5.49. The molecule has 1 aliphatic carbocycles. The number of rotatable bonds is 9. The Morgan fingerprint density at radius 3 is 2.12 bits per heavy atom. The van der Waals surface area contributed by atoms with Crippen molar-refractivity contribution in [1.29, 1.82) is 0 Å². The third-order valence-electron chi connectivity index (χ3n) is 5.88. The first kappa shape index (κ1) is 25.4. The average molecular weight is 470 g/mol. The Morgan fingerprint density at radius 1 is 0.971 bits per heavy atom. The van der Waals surface area contributed by atoms with Crippen LogP contribution in [0.25, 0.3) is 0 Å². The standard InChI is InChI=1S/C25H35N5O4/c1-17(2)16-22(33)27-20-10-8-19(9-11-20)26-21(32)12-13-23-28-24(30-34-23)25(29-18(3)31)14-6-4-5-7-15-25/h8-11,17H,4-7,12-16H2,1-3H3,(H,26,32)(H,27,33)(H,29,31). The van der Waals surface area contributed by atoms with Crippen LogP contribution in [-0.2, 0) is 26.3 Å². The van der Waals surface area contributed by atoms with Gasteiger partial charge in [-0.1, -0.05) is 44.7 Å². The fourth-order valence-corrected chi connectivity index (χ4v) is 4.29. The summed E-state index contributed by atoms with van der Waals surface area (Å²) in [6.07, 6.45) is 6.73. The van der Waals surface area contributed by atoms with Crippen LogP contribution in [-0.4, -0.2) is 27.9 Å². The summed E-state index contributed by atoms with van der Waals surface area (Å²) in [7, 11) is 0. The first-order valence-corrected chi connectivity index (χ1v) is 12.1. The minimum Gasteiger partial charge on any atom is -0.343 e. The van der Waals surface area contributed by atoms with Crippen molar-refractivity contribution in [2.75, 3.05) is 10.6 Å². The summed E-state index contributed by atoms with van der Waals surface area (Å²) in [5.74, 6) is 0.837. The third kappa shape index (κ3) is 7.40. The van der Waals surface area contributed by atoms with Gasteiger partial charge in [0, 0.05) is 37.6 Å². The van der Waals surface area contributed by atoms with Crippen LogP contribution in [0.3, 0.4) is 0 Å². The van der Waals surface area contributed by atoms with Gasteiger partial charge in [-0.25, -0.2) is 0 Å².